The van der Waals surface area contributed by atoms with Crippen LogP contribution in [0.2, 0.25) is 0 Å². The number of halogens is 1. The van der Waals surface area contributed by atoms with Gasteiger partial charge in [-0.1, -0.05) is 12.1 Å². The summed E-state index contributed by atoms with van der Waals surface area (Å²) >= 11 is 0. The number of aromatic nitrogens is 4. The van der Waals surface area contributed by atoms with Gasteiger partial charge < -0.3 is 9.64 Å². The zero-order valence-corrected chi connectivity index (χ0v) is 28.0. The third-order valence-electron chi connectivity index (χ3n) is 8.98. The molecule has 2 aliphatic rings. The molecule has 46 heavy (non-hydrogen) atoms. The molecule has 10 nitrogen and oxygen atoms in total. The number of hydrogen-bond acceptors (Lipinski definition) is 6. The number of hydrogen-bond donors (Lipinski definition) is 1. The Kier molecular flexibility index (Phi) is 7.98. The molecule has 1 N–H and O–H groups in total. The van der Waals surface area contributed by atoms with Crippen LogP contribution >= 0.6 is 0 Å². The molecule has 6 rings (SSSR count). The van der Waals surface area contributed by atoms with Crippen LogP contribution in [-0.4, -0.2) is 57.8 Å². The van der Waals surface area contributed by atoms with Gasteiger partial charge in [-0.15, -0.1) is 0 Å². The zero-order chi connectivity index (χ0) is 33.1. The van der Waals surface area contributed by atoms with Crippen molar-refractivity contribution in [3.8, 4) is 17.2 Å². The quantitative estimate of drug-likeness (QED) is 0.277. The van der Waals surface area contributed by atoms with E-state index in [1.807, 2.05) is 52.0 Å². The molecule has 0 aliphatic carbocycles. The Morgan fingerprint density at radius 1 is 1.02 bits per heavy atom. The lowest BCUT2D eigenvalue weighted by Gasteiger charge is -2.34. The van der Waals surface area contributed by atoms with Crippen molar-refractivity contribution in [3.05, 3.63) is 93.0 Å². The summed E-state index contributed by atoms with van der Waals surface area (Å²) in [4.78, 5) is 29.1. The highest BCUT2D eigenvalue weighted by molar-refractivity contribution is 7.92. The van der Waals surface area contributed by atoms with Gasteiger partial charge in [-0.05, 0) is 101 Å². The molecule has 4 heterocycles. The molecule has 2 aromatic carbocycles. The number of rotatable bonds is 4. The Hall–Kier alpha value is -4.19. The van der Waals surface area contributed by atoms with Crippen molar-refractivity contribution in [2.75, 3.05) is 18.1 Å². The van der Waals surface area contributed by atoms with Gasteiger partial charge in [-0.3, -0.25) is 13.9 Å². The Labute approximate surface area is 268 Å². The van der Waals surface area contributed by atoms with E-state index in [-0.39, 0.29) is 17.4 Å². The van der Waals surface area contributed by atoms with Crippen molar-refractivity contribution in [3.63, 3.8) is 0 Å². The molecular weight excluding hydrogens is 607 g/mol. The highest BCUT2D eigenvalue weighted by atomic mass is 32.2. The van der Waals surface area contributed by atoms with Gasteiger partial charge in [0.1, 0.15) is 17.2 Å². The highest BCUT2D eigenvalue weighted by Gasteiger charge is 2.37. The smallest absolute Gasteiger partial charge is 0.410 e. The maximum Gasteiger partial charge on any atom is 0.410 e. The lowest BCUT2D eigenvalue weighted by Crippen LogP contribution is -2.42. The van der Waals surface area contributed by atoms with E-state index in [1.165, 1.54) is 4.57 Å². The molecule has 0 bridgehead atoms. The van der Waals surface area contributed by atoms with Gasteiger partial charge in [0.05, 0.1) is 23.1 Å². The zero-order valence-electron chi connectivity index (χ0n) is 27.2. The van der Waals surface area contributed by atoms with Crippen molar-refractivity contribution in [1.29, 1.82) is 4.78 Å². The number of carbonyl (C=O) groups is 1. The van der Waals surface area contributed by atoms with E-state index < -0.39 is 27.5 Å². The van der Waals surface area contributed by atoms with Crippen LogP contribution in [0.25, 0.3) is 17.2 Å². The Morgan fingerprint density at radius 2 is 1.63 bits per heavy atom. The van der Waals surface area contributed by atoms with Gasteiger partial charge in [0.15, 0.2) is 0 Å². The monoisotopic (exact) mass is 648 g/mol. The van der Waals surface area contributed by atoms with E-state index in [1.54, 1.807) is 52.5 Å². The van der Waals surface area contributed by atoms with Gasteiger partial charge in [-0.25, -0.2) is 22.9 Å². The van der Waals surface area contributed by atoms with Crippen LogP contribution in [0.4, 0.5) is 9.18 Å². The Bertz CT molecular complexity index is 1950. The van der Waals surface area contributed by atoms with Gasteiger partial charge >= 0.3 is 11.8 Å². The fourth-order valence-corrected chi connectivity index (χ4v) is 8.10. The molecular formula is C34H41FN6O4S. The Balaban J connectivity index is 1.43. The second-order valence-electron chi connectivity index (χ2n) is 13.5. The number of benzene rings is 2. The van der Waals surface area contributed by atoms with Crippen molar-refractivity contribution in [1.82, 2.24) is 23.8 Å². The summed E-state index contributed by atoms with van der Waals surface area (Å²) in [7, 11) is -2.46. The molecule has 1 saturated heterocycles. The van der Waals surface area contributed by atoms with E-state index in [0.717, 1.165) is 16.8 Å². The normalized spacial score (nSPS) is 21.7. The predicted octanol–water partition coefficient (Wildman–Crippen LogP) is 6.35. The van der Waals surface area contributed by atoms with Crippen LogP contribution in [-0.2, 0) is 20.9 Å². The predicted molar refractivity (Wildman–Crippen MR) is 176 cm³/mol. The number of nitrogens with one attached hydrogen (secondary N) is 1. The van der Waals surface area contributed by atoms with Crippen molar-refractivity contribution < 1.29 is 18.1 Å². The topological polar surface area (TPSA) is 115 Å². The first-order valence-electron chi connectivity index (χ1n) is 15.7. The fraction of sp³-hybridized carbons (Fsp3) is 0.441. The lowest BCUT2D eigenvalue weighted by atomic mass is 9.93. The first kappa shape index (κ1) is 31.8. The standard InChI is InChI=1S/C34H41FN6O4S/c1-21-19-27(20-22(2)30(21)35)41-31(29-23(3)38(14-11-28(29)37-41)33(43)45-34(4,5)6)40-16-15-39(32(40)42)26-9-7-24(8-10-26)25-12-17-46(36,44)18-13-25/h7-10,15-16,19-20,23,25,36H,11-14,17-18H2,1-6H3/t23-,25?,46?/m0/s1. The third-order valence-corrected chi connectivity index (χ3v) is 10.8. The van der Waals surface area contributed by atoms with E-state index >= 15 is 0 Å². The van der Waals surface area contributed by atoms with E-state index in [0.29, 0.717) is 65.6 Å². The number of amides is 1. The molecule has 1 fully saturated rings. The number of ether oxygens (including phenoxy) is 1. The summed E-state index contributed by atoms with van der Waals surface area (Å²) < 4.78 is 45.2. The van der Waals surface area contributed by atoms with Crippen molar-refractivity contribution in [2.45, 2.75) is 78.4 Å². The molecule has 2 aromatic heterocycles. The van der Waals surface area contributed by atoms with Gasteiger partial charge in [-0.2, -0.15) is 5.10 Å². The number of aryl methyl sites for hydroxylation is 2. The van der Waals surface area contributed by atoms with Gasteiger partial charge in [0.25, 0.3) is 0 Å². The largest absolute Gasteiger partial charge is 0.444 e. The van der Waals surface area contributed by atoms with Crippen LogP contribution < -0.4 is 5.69 Å². The minimum atomic E-state index is -2.46. The molecule has 2 aliphatic heterocycles. The van der Waals surface area contributed by atoms with Gasteiger partial charge in [0.2, 0.25) is 0 Å². The fourth-order valence-electron chi connectivity index (χ4n) is 6.57. The average Bonchev–Trinajstić information content (AvgIpc) is 3.55. The summed E-state index contributed by atoms with van der Waals surface area (Å²) in [6.07, 6.45) is 4.86. The van der Waals surface area contributed by atoms with Crippen LogP contribution in [0.3, 0.4) is 0 Å². The molecule has 244 valence electrons. The molecule has 0 radical (unpaired) electrons. The maximum atomic E-state index is 14.7. The maximum absolute atomic E-state index is 14.7. The number of fused-ring (bicyclic) bond motifs is 1. The second kappa shape index (κ2) is 11.6. The summed E-state index contributed by atoms with van der Waals surface area (Å²) in [5.41, 5.74) is 3.84. The molecule has 4 aromatic rings. The van der Waals surface area contributed by atoms with E-state index in [9.17, 15) is 18.2 Å². The highest BCUT2D eigenvalue weighted by Crippen LogP contribution is 2.36. The molecule has 1 amide bonds. The summed E-state index contributed by atoms with van der Waals surface area (Å²) in [5, 5.41) is 4.94. The van der Waals surface area contributed by atoms with Crippen LogP contribution in [0.15, 0.2) is 53.6 Å². The first-order chi connectivity index (χ1) is 21.6. The minimum absolute atomic E-state index is 0.244. The molecule has 0 saturated carbocycles. The van der Waals surface area contributed by atoms with Gasteiger partial charge in [0, 0.05) is 52.2 Å². The second-order valence-corrected chi connectivity index (χ2v) is 15.9. The first-order valence-corrected chi connectivity index (χ1v) is 17.6. The van der Waals surface area contributed by atoms with Crippen molar-refractivity contribution in [2.24, 2.45) is 0 Å². The average molecular weight is 649 g/mol. The van der Waals surface area contributed by atoms with Crippen LogP contribution in [0.1, 0.15) is 80.4 Å². The lowest BCUT2D eigenvalue weighted by molar-refractivity contribution is 0.0159. The Morgan fingerprint density at radius 3 is 2.24 bits per heavy atom. The number of nitrogens with zero attached hydrogens (tertiary/aromatic N) is 5. The van der Waals surface area contributed by atoms with Crippen LogP contribution in [0.5, 0.6) is 0 Å². The molecule has 12 heteroatoms. The number of carbonyl (C=O) groups excluding carboxylic acids is 1. The van der Waals surface area contributed by atoms with E-state index in [2.05, 4.69) is 0 Å². The minimum Gasteiger partial charge on any atom is -0.444 e. The number of imidazole rings is 1. The van der Waals surface area contributed by atoms with E-state index in [4.69, 9.17) is 14.6 Å². The molecule has 1 atom stereocenters. The van der Waals surface area contributed by atoms with Crippen molar-refractivity contribution >= 4 is 15.8 Å². The SMILES string of the molecule is Cc1cc(-n2nc3c(c2-n2ccn(-c4ccc(C5CCS(=N)(=O)CC5)cc4)c2=O)[C@H](C)N(C(=O)OC(C)(C)C)CC3)cc(C)c1F. The third kappa shape index (κ3) is 5.90. The van der Waals surface area contributed by atoms with Crippen LogP contribution in [0, 0.1) is 24.4 Å². The molecule has 0 unspecified atom stereocenters. The molecule has 0 spiro atoms. The summed E-state index contributed by atoms with van der Waals surface area (Å²) in [5.74, 6) is 1.27. The summed E-state index contributed by atoms with van der Waals surface area (Å²) in [6, 6.07) is 10.8. The summed E-state index contributed by atoms with van der Waals surface area (Å²) in [6.45, 7) is 11.2.